The molecule has 0 aliphatic heterocycles. The second-order valence-corrected chi connectivity index (χ2v) is 7.54. The molecule has 0 spiro atoms. The van der Waals surface area contributed by atoms with Crippen LogP contribution in [0.5, 0.6) is 0 Å². The van der Waals surface area contributed by atoms with Crippen molar-refractivity contribution >= 4 is 49.5 Å². The minimum atomic E-state index is 0.806. The lowest BCUT2D eigenvalue weighted by atomic mass is 9.97. The van der Waals surface area contributed by atoms with E-state index in [1.54, 1.807) is 23.9 Å². The highest BCUT2D eigenvalue weighted by Crippen LogP contribution is 2.38. The Morgan fingerprint density at radius 1 is 1.22 bits per heavy atom. The molecule has 23 heavy (non-hydrogen) atoms. The Balaban J connectivity index is 1.65. The van der Waals surface area contributed by atoms with Crippen molar-refractivity contribution in [3.63, 3.8) is 0 Å². The van der Waals surface area contributed by atoms with Gasteiger partial charge in [-0.05, 0) is 48.9 Å². The van der Waals surface area contributed by atoms with Gasteiger partial charge in [-0.3, -0.25) is 5.43 Å². The van der Waals surface area contributed by atoms with Crippen LogP contribution in [0, 0.1) is 0 Å². The van der Waals surface area contributed by atoms with Crippen LogP contribution in [0.1, 0.15) is 28.8 Å². The first kappa shape index (κ1) is 14.8. The Labute approximate surface area is 146 Å². The molecule has 6 heteroatoms. The fourth-order valence-corrected chi connectivity index (χ4v) is 4.58. The number of anilines is 1. The number of hydrogen-bond donors (Lipinski definition) is 1. The maximum absolute atomic E-state index is 4.43. The van der Waals surface area contributed by atoms with Gasteiger partial charge in [0.2, 0.25) is 0 Å². The molecule has 116 valence electrons. The number of hydrogen-bond acceptors (Lipinski definition) is 5. The molecule has 2 heterocycles. The van der Waals surface area contributed by atoms with Crippen LogP contribution in [0.4, 0.5) is 5.82 Å². The SMILES string of the molecule is Brc1cccc(/C=N/Nc2ncnc3sc4c(c23)CCCC4)c1. The molecule has 0 unspecified atom stereocenters. The highest BCUT2D eigenvalue weighted by Gasteiger charge is 2.19. The second kappa shape index (κ2) is 6.37. The normalized spacial score (nSPS) is 14.3. The van der Waals surface area contributed by atoms with Gasteiger partial charge < -0.3 is 0 Å². The van der Waals surface area contributed by atoms with Crippen molar-refractivity contribution in [1.29, 1.82) is 0 Å². The van der Waals surface area contributed by atoms with E-state index >= 15 is 0 Å². The summed E-state index contributed by atoms with van der Waals surface area (Å²) in [6.07, 6.45) is 8.22. The van der Waals surface area contributed by atoms with E-state index in [9.17, 15) is 0 Å². The van der Waals surface area contributed by atoms with Gasteiger partial charge in [0.25, 0.3) is 0 Å². The van der Waals surface area contributed by atoms with Crippen LogP contribution in [-0.4, -0.2) is 16.2 Å². The minimum Gasteiger partial charge on any atom is -0.261 e. The third-order valence-corrected chi connectivity index (χ3v) is 5.68. The number of aromatic nitrogens is 2. The number of fused-ring (bicyclic) bond motifs is 3. The number of hydrazone groups is 1. The lowest BCUT2D eigenvalue weighted by Crippen LogP contribution is -2.00. The Morgan fingerprint density at radius 3 is 3.04 bits per heavy atom. The van der Waals surface area contributed by atoms with Crippen LogP contribution < -0.4 is 5.43 Å². The number of nitrogens with one attached hydrogen (secondary N) is 1. The van der Waals surface area contributed by atoms with Crippen molar-refractivity contribution in [3.8, 4) is 0 Å². The largest absolute Gasteiger partial charge is 0.261 e. The van der Waals surface area contributed by atoms with E-state index in [1.165, 1.54) is 23.3 Å². The summed E-state index contributed by atoms with van der Waals surface area (Å²) in [5.41, 5.74) is 5.55. The molecule has 1 aliphatic carbocycles. The van der Waals surface area contributed by atoms with Crippen LogP contribution in [-0.2, 0) is 12.8 Å². The van der Waals surface area contributed by atoms with Gasteiger partial charge in [0.15, 0.2) is 5.82 Å². The van der Waals surface area contributed by atoms with Crippen LogP contribution in [0.3, 0.4) is 0 Å². The van der Waals surface area contributed by atoms with Crippen molar-refractivity contribution in [2.75, 3.05) is 5.43 Å². The second-order valence-electron chi connectivity index (χ2n) is 5.54. The molecule has 0 fully saturated rings. The molecular formula is C17H15BrN4S. The number of thiophene rings is 1. The smallest absolute Gasteiger partial charge is 0.158 e. The van der Waals surface area contributed by atoms with Gasteiger partial charge in [0, 0.05) is 9.35 Å². The number of benzene rings is 1. The van der Waals surface area contributed by atoms with E-state index < -0.39 is 0 Å². The molecule has 0 amide bonds. The van der Waals surface area contributed by atoms with Gasteiger partial charge in [0.1, 0.15) is 11.2 Å². The standard InChI is InChI=1S/C17H15BrN4S/c18-12-5-3-4-11(8-12)9-21-22-16-15-13-6-1-2-7-14(13)23-17(15)20-10-19-16/h3-5,8-10H,1-2,6-7H2,(H,19,20,22)/b21-9+. The monoisotopic (exact) mass is 386 g/mol. The number of rotatable bonds is 3. The summed E-state index contributed by atoms with van der Waals surface area (Å²) < 4.78 is 1.04. The third kappa shape index (κ3) is 3.01. The maximum atomic E-state index is 4.43. The van der Waals surface area contributed by atoms with Crippen molar-refractivity contribution < 1.29 is 0 Å². The van der Waals surface area contributed by atoms with Gasteiger partial charge in [-0.25, -0.2) is 9.97 Å². The number of nitrogens with zero attached hydrogens (tertiary/aromatic N) is 3. The van der Waals surface area contributed by atoms with Crippen molar-refractivity contribution in [2.24, 2.45) is 5.10 Å². The van der Waals surface area contributed by atoms with Gasteiger partial charge >= 0.3 is 0 Å². The lowest BCUT2D eigenvalue weighted by Gasteiger charge is -2.11. The average Bonchev–Trinajstić information content (AvgIpc) is 2.94. The predicted octanol–water partition coefficient (Wildman–Crippen LogP) is 4.78. The van der Waals surface area contributed by atoms with Crippen LogP contribution >= 0.6 is 27.3 Å². The fraction of sp³-hybridized carbons (Fsp3) is 0.235. The van der Waals surface area contributed by atoms with E-state index in [0.29, 0.717) is 0 Å². The van der Waals surface area contributed by atoms with Gasteiger partial charge in [-0.1, -0.05) is 28.1 Å². The van der Waals surface area contributed by atoms with Crippen LogP contribution in [0.25, 0.3) is 10.2 Å². The summed E-state index contributed by atoms with van der Waals surface area (Å²) in [4.78, 5) is 11.4. The average molecular weight is 387 g/mol. The molecule has 0 atom stereocenters. The van der Waals surface area contributed by atoms with Crippen LogP contribution in [0.2, 0.25) is 0 Å². The first-order valence-electron chi connectivity index (χ1n) is 7.61. The molecule has 1 aliphatic rings. The molecule has 0 saturated carbocycles. The molecule has 0 bridgehead atoms. The lowest BCUT2D eigenvalue weighted by molar-refractivity contribution is 0.700. The summed E-state index contributed by atoms with van der Waals surface area (Å²) >= 11 is 5.26. The summed E-state index contributed by atoms with van der Waals surface area (Å²) in [5.74, 6) is 0.806. The van der Waals surface area contributed by atoms with Crippen molar-refractivity contribution in [2.45, 2.75) is 25.7 Å². The zero-order valence-electron chi connectivity index (χ0n) is 12.4. The molecule has 1 N–H and O–H groups in total. The molecule has 1 aromatic carbocycles. The highest BCUT2D eigenvalue weighted by atomic mass is 79.9. The van der Waals surface area contributed by atoms with E-state index in [0.717, 1.165) is 38.9 Å². The quantitative estimate of drug-likeness (QED) is 0.520. The molecule has 2 aromatic heterocycles. The van der Waals surface area contributed by atoms with Gasteiger partial charge in [-0.15, -0.1) is 11.3 Å². The third-order valence-electron chi connectivity index (χ3n) is 3.98. The minimum absolute atomic E-state index is 0.806. The topological polar surface area (TPSA) is 50.2 Å². The first-order chi connectivity index (χ1) is 11.3. The number of halogens is 1. The van der Waals surface area contributed by atoms with Gasteiger partial charge in [-0.2, -0.15) is 5.10 Å². The maximum Gasteiger partial charge on any atom is 0.158 e. The van der Waals surface area contributed by atoms with Crippen molar-refractivity contribution in [3.05, 3.63) is 51.1 Å². The number of aryl methyl sites for hydroxylation is 2. The zero-order valence-corrected chi connectivity index (χ0v) is 14.8. The summed E-state index contributed by atoms with van der Waals surface area (Å²) in [6, 6.07) is 8.02. The fourth-order valence-electron chi connectivity index (χ4n) is 2.93. The Kier molecular flexibility index (Phi) is 4.10. The Hall–Kier alpha value is -1.79. The van der Waals surface area contributed by atoms with Crippen LogP contribution in [0.15, 0.2) is 40.2 Å². The van der Waals surface area contributed by atoms with E-state index in [2.05, 4.69) is 36.4 Å². The summed E-state index contributed by atoms with van der Waals surface area (Å²) in [5, 5.41) is 5.50. The zero-order chi connectivity index (χ0) is 15.6. The Bertz CT molecular complexity index is 887. The van der Waals surface area contributed by atoms with E-state index in [1.807, 2.05) is 24.3 Å². The predicted molar refractivity (Wildman–Crippen MR) is 99.4 cm³/mol. The molecular weight excluding hydrogens is 372 g/mol. The summed E-state index contributed by atoms with van der Waals surface area (Å²) in [6.45, 7) is 0. The Morgan fingerprint density at radius 2 is 2.13 bits per heavy atom. The highest BCUT2D eigenvalue weighted by molar-refractivity contribution is 9.10. The van der Waals surface area contributed by atoms with Crippen molar-refractivity contribution in [1.82, 2.24) is 9.97 Å². The first-order valence-corrected chi connectivity index (χ1v) is 9.22. The molecule has 4 nitrogen and oxygen atoms in total. The molecule has 3 aromatic rings. The molecule has 0 saturated heterocycles. The van der Waals surface area contributed by atoms with E-state index in [4.69, 9.17) is 0 Å². The molecule has 0 radical (unpaired) electrons. The van der Waals surface area contributed by atoms with Gasteiger partial charge in [0.05, 0.1) is 11.6 Å². The van der Waals surface area contributed by atoms with E-state index in [-0.39, 0.29) is 0 Å². The molecule has 4 rings (SSSR count). The summed E-state index contributed by atoms with van der Waals surface area (Å²) in [7, 11) is 0.